The molecule has 118 valence electrons. The summed E-state index contributed by atoms with van der Waals surface area (Å²) in [6.45, 7) is 6.43. The van der Waals surface area contributed by atoms with Crippen LogP contribution in [-0.2, 0) is 12.1 Å². The molecule has 0 aliphatic heterocycles. The number of nitrogens with one attached hydrogen (secondary N) is 2. The van der Waals surface area contributed by atoms with E-state index in [0.717, 1.165) is 15.4 Å². The minimum absolute atomic E-state index is 0.188. The van der Waals surface area contributed by atoms with Gasteiger partial charge < -0.3 is 10.6 Å². The van der Waals surface area contributed by atoms with E-state index in [1.807, 2.05) is 45.4 Å². The topological polar surface area (TPSA) is 54.0 Å². The molecular formula is C16H21N3OS2. The summed E-state index contributed by atoms with van der Waals surface area (Å²) in [6.07, 6.45) is 3.87. The van der Waals surface area contributed by atoms with Crippen LogP contribution in [0, 0.1) is 6.92 Å². The molecule has 0 aliphatic rings. The normalized spacial score (nSPS) is 11.3. The van der Waals surface area contributed by atoms with Crippen molar-refractivity contribution in [2.75, 3.05) is 6.26 Å². The highest BCUT2D eigenvalue weighted by Gasteiger charge is 2.25. The van der Waals surface area contributed by atoms with Crippen molar-refractivity contribution < 1.29 is 4.79 Å². The zero-order valence-corrected chi connectivity index (χ0v) is 14.9. The van der Waals surface area contributed by atoms with Crippen LogP contribution in [0.3, 0.4) is 0 Å². The second-order valence-electron chi connectivity index (χ2n) is 5.56. The standard InChI is InChI=1S/C16H21N3OS2/c1-11-9-17-14(22-11)16(2,3)19-15(20)18-10-12-5-7-13(21-4)8-6-12/h5-9H,10H2,1-4H3,(H2,18,19,20). The lowest BCUT2D eigenvalue weighted by atomic mass is 10.1. The Kier molecular flexibility index (Phi) is 5.47. The van der Waals surface area contributed by atoms with Crippen molar-refractivity contribution in [2.24, 2.45) is 0 Å². The number of hydrogen-bond donors (Lipinski definition) is 2. The molecule has 0 saturated carbocycles. The molecule has 2 aromatic rings. The Morgan fingerprint density at radius 2 is 2.00 bits per heavy atom. The number of carbonyl (C=O) groups excluding carboxylic acids is 1. The molecule has 1 heterocycles. The summed E-state index contributed by atoms with van der Waals surface area (Å²) in [6, 6.07) is 7.99. The first-order valence-corrected chi connectivity index (χ1v) is 9.06. The van der Waals surface area contributed by atoms with Crippen LogP contribution in [-0.4, -0.2) is 17.3 Å². The van der Waals surface area contributed by atoms with Gasteiger partial charge in [-0.1, -0.05) is 12.1 Å². The average Bonchev–Trinajstić information content (AvgIpc) is 2.93. The first-order chi connectivity index (χ1) is 10.4. The Morgan fingerprint density at radius 3 is 2.55 bits per heavy atom. The Hall–Kier alpha value is -1.53. The van der Waals surface area contributed by atoms with Crippen molar-refractivity contribution >= 4 is 29.1 Å². The molecule has 1 aromatic carbocycles. The Morgan fingerprint density at radius 1 is 1.32 bits per heavy atom. The second kappa shape index (κ2) is 7.15. The third-order valence-electron chi connectivity index (χ3n) is 3.19. The molecule has 2 rings (SSSR count). The number of aromatic nitrogens is 1. The van der Waals surface area contributed by atoms with Crippen molar-refractivity contribution in [3.05, 3.63) is 45.9 Å². The molecular weight excluding hydrogens is 314 g/mol. The van der Waals surface area contributed by atoms with E-state index in [1.54, 1.807) is 23.1 Å². The number of nitrogens with zero attached hydrogens (tertiary/aromatic N) is 1. The van der Waals surface area contributed by atoms with Crippen molar-refractivity contribution in [3.8, 4) is 0 Å². The summed E-state index contributed by atoms with van der Waals surface area (Å²) in [5.74, 6) is 0. The zero-order chi connectivity index (χ0) is 16.2. The van der Waals surface area contributed by atoms with Crippen LogP contribution < -0.4 is 10.6 Å². The number of hydrogen-bond acceptors (Lipinski definition) is 4. The SMILES string of the molecule is CSc1ccc(CNC(=O)NC(C)(C)c2ncc(C)s2)cc1. The van der Waals surface area contributed by atoms with E-state index in [2.05, 4.69) is 27.8 Å². The third kappa shape index (κ3) is 4.48. The van der Waals surface area contributed by atoms with Crippen LogP contribution in [0.5, 0.6) is 0 Å². The monoisotopic (exact) mass is 335 g/mol. The molecule has 1 aromatic heterocycles. The van der Waals surface area contributed by atoms with Gasteiger partial charge in [0.25, 0.3) is 0 Å². The lowest BCUT2D eigenvalue weighted by Gasteiger charge is -2.24. The largest absolute Gasteiger partial charge is 0.334 e. The first-order valence-electron chi connectivity index (χ1n) is 7.02. The Balaban J connectivity index is 1.89. The lowest BCUT2D eigenvalue weighted by Crippen LogP contribution is -2.46. The van der Waals surface area contributed by atoms with Gasteiger partial charge in [-0.3, -0.25) is 0 Å². The number of thiazole rings is 1. The molecule has 2 N–H and O–H groups in total. The van der Waals surface area contributed by atoms with Gasteiger partial charge in [0, 0.05) is 22.5 Å². The number of carbonyl (C=O) groups is 1. The molecule has 0 aliphatic carbocycles. The highest BCUT2D eigenvalue weighted by molar-refractivity contribution is 7.98. The molecule has 0 unspecified atom stereocenters. The van der Waals surface area contributed by atoms with E-state index in [0.29, 0.717) is 6.54 Å². The molecule has 0 saturated heterocycles. The van der Waals surface area contributed by atoms with Crippen LogP contribution in [0.4, 0.5) is 4.79 Å². The molecule has 0 spiro atoms. The van der Waals surface area contributed by atoms with Crippen molar-refractivity contribution in [1.82, 2.24) is 15.6 Å². The number of aryl methyl sites for hydroxylation is 1. The van der Waals surface area contributed by atoms with E-state index in [9.17, 15) is 4.79 Å². The third-order valence-corrected chi connectivity index (χ3v) is 5.17. The van der Waals surface area contributed by atoms with Crippen LogP contribution in [0.1, 0.15) is 29.3 Å². The van der Waals surface area contributed by atoms with Crippen molar-refractivity contribution in [3.63, 3.8) is 0 Å². The molecule has 22 heavy (non-hydrogen) atoms. The van der Waals surface area contributed by atoms with Gasteiger partial charge in [0.1, 0.15) is 5.01 Å². The van der Waals surface area contributed by atoms with Gasteiger partial charge in [0.2, 0.25) is 0 Å². The fraction of sp³-hybridized carbons (Fsp3) is 0.375. The fourth-order valence-corrected chi connectivity index (χ4v) is 3.18. The number of benzene rings is 1. The van der Waals surface area contributed by atoms with Gasteiger partial charge in [0.15, 0.2) is 0 Å². The zero-order valence-electron chi connectivity index (χ0n) is 13.3. The summed E-state index contributed by atoms with van der Waals surface area (Å²) in [5.41, 5.74) is 0.599. The molecule has 0 fully saturated rings. The minimum Gasteiger partial charge on any atom is -0.334 e. The Labute approximate surface area is 139 Å². The van der Waals surface area contributed by atoms with Crippen LogP contribution in [0.15, 0.2) is 35.4 Å². The van der Waals surface area contributed by atoms with E-state index >= 15 is 0 Å². The summed E-state index contributed by atoms with van der Waals surface area (Å²) in [5, 5.41) is 6.77. The maximum Gasteiger partial charge on any atom is 0.315 e. The summed E-state index contributed by atoms with van der Waals surface area (Å²) < 4.78 is 0. The molecule has 0 radical (unpaired) electrons. The van der Waals surface area contributed by atoms with Gasteiger partial charge >= 0.3 is 6.03 Å². The van der Waals surface area contributed by atoms with Gasteiger partial charge in [-0.05, 0) is 44.7 Å². The van der Waals surface area contributed by atoms with E-state index in [1.165, 1.54) is 4.90 Å². The maximum absolute atomic E-state index is 12.1. The predicted octanol–water partition coefficient (Wildman–Crippen LogP) is 3.91. The Bertz CT molecular complexity index is 635. The van der Waals surface area contributed by atoms with Crippen molar-refractivity contribution in [1.29, 1.82) is 0 Å². The second-order valence-corrected chi connectivity index (χ2v) is 7.67. The molecule has 4 nitrogen and oxygen atoms in total. The van der Waals surface area contributed by atoms with E-state index in [-0.39, 0.29) is 6.03 Å². The van der Waals surface area contributed by atoms with Crippen molar-refractivity contribution in [2.45, 2.75) is 37.8 Å². The number of amides is 2. The molecule has 0 bridgehead atoms. The first kappa shape index (κ1) is 16.8. The number of rotatable bonds is 5. The van der Waals surface area contributed by atoms with E-state index in [4.69, 9.17) is 0 Å². The highest BCUT2D eigenvalue weighted by atomic mass is 32.2. The summed E-state index contributed by atoms with van der Waals surface area (Å²) >= 11 is 3.30. The fourth-order valence-electron chi connectivity index (χ4n) is 1.95. The van der Waals surface area contributed by atoms with Gasteiger partial charge in [-0.15, -0.1) is 23.1 Å². The average molecular weight is 335 g/mol. The molecule has 0 atom stereocenters. The van der Waals surface area contributed by atoms with Crippen LogP contribution in [0.2, 0.25) is 0 Å². The predicted molar refractivity (Wildman–Crippen MR) is 93.5 cm³/mol. The highest BCUT2D eigenvalue weighted by Crippen LogP contribution is 2.24. The number of urea groups is 1. The van der Waals surface area contributed by atoms with Gasteiger partial charge in [-0.25, -0.2) is 9.78 Å². The molecule has 6 heteroatoms. The quantitative estimate of drug-likeness (QED) is 0.815. The van der Waals surface area contributed by atoms with Crippen LogP contribution in [0.25, 0.3) is 0 Å². The smallest absolute Gasteiger partial charge is 0.315 e. The van der Waals surface area contributed by atoms with Crippen LogP contribution >= 0.6 is 23.1 Å². The van der Waals surface area contributed by atoms with Gasteiger partial charge in [0.05, 0.1) is 5.54 Å². The van der Waals surface area contributed by atoms with Gasteiger partial charge in [-0.2, -0.15) is 0 Å². The molecule has 2 amide bonds. The number of thioether (sulfide) groups is 1. The lowest BCUT2D eigenvalue weighted by molar-refractivity contribution is 0.229. The maximum atomic E-state index is 12.1. The summed E-state index contributed by atoms with van der Waals surface area (Å²) in [7, 11) is 0. The minimum atomic E-state index is -0.480. The summed E-state index contributed by atoms with van der Waals surface area (Å²) in [4.78, 5) is 18.8. The van der Waals surface area contributed by atoms with E-state index < -0.39 is 5.54 Å².